The van der Waals surface area contributed by atoms with Gasteiger partial charge in [-0.2, -0.15) is 0 Å². The summed E-state index contributed by atoms with van der Waals surface area (Å²) in [5, 5.41) is 11.3. The lowest BCUT2D eigenvalue weighted by Gasteiger charge is -2.07. The van der Waals surface area contributed by atoms with Crippen LogP contribution in [0, 0.1) is 5.92 Å². The van der Waals surface area contributed by atoms with E-state index in [1.54, 1.807) is 7.11 Å². The highest BCUT2D eigenvalue weighted by atomic mass is 16.5. The molecule has 0 heterocycles. The Balaban J connectivity index is 2.09. The van der Waals surface area contributed by atoms with E-state index in [2.05, 4.69) is 0 Å². The standard InChI is InChI=1S/C15H14O3/c1-18-10-6-5-9-3-2-4-11(12(9)7-10)13-8-14(13)15(16)17/h2-7,13-14H,8H2,1H3,(H,16,17). The van der Waals surface area contributed by atoms with Crippen molar-refractivity contribution in [1.29, 1.82) is 0 Å². The number of benzene rings is 2. The zero-order chi connectivity index (χ0) is 12.7. The second kappa shape index (κ2) is 4.02. The van der Waals surface area contributed by atoms with E-state index in [1.165, 1.54) is 0 Å². The molecule has 2 aromatic carbocycles. The molecule has 0 aromatic heterocycles. The average molecular weight is 242 g/mol. The summed E-state index contributed by atoms with van der Waals surface area (Å²) in [5.74, 6) is 0.0440. The highest BCUT2D eigenvalue weighted by Gasteiger charge is 2.44. The SMILES string of the molecule is COc1ccc2cccc(C3CC3C(=O)O)c2c1. The maximum absolute atomic E-state index is 11.0. The zero-order valence-corrected chi connectivity index (χ0v) is 10.1. The summed E-state index contributed by atoms with van der Waals surface area (Å²) < 4.78 is 5.24. The van der Waals surface area contributed by atoms with Crippen LogP contribution < -0.4 is 4.74 Å². The molecule has 0 bridgehead atoms. The van der Waals surface area contributed by atoms with Gasteiger partial charge in [0.15, 0.2) is 0 Å². The number of ether oxygens (including phenoxy) is 1. The van der Waals surface area contributed by atoms with Gasteiger partial charge >= 0.3 is 5.97 Å². The van der Waals surface area contributed by atoms with Gasteiger partial charge in [-0.25, -0.2) is 0 Å². The van der Waals surface area contributed by atoms with Crippen LogP contribution in [0.2, 0.25) is 0 Å². The second-order valence-electron chi connectivity index (χ2n) is 4.72. The minimum absolute atomic E-state index is 0.151. The Labute approximate surface area is 105 Å². The molecule has 1 aliphatic rings. The van der Waals surface area contributed by atoms with Crippen LogP contribution in [0.1, 0.15) is 17.9 Å². The monoisotopic (exact) mass is 242 g/mol. The first-order valence-electron chi connectivity index (χ1n) is 6.00. The third-order valence-electron chi connectivity index (χ3n) is 3.63. The fourth-order valence-electron chi connectivity index (χ4n) is 2.54. The number of hydrogen-bond acceptors (Lipinski definition) is 2. The molecule has 0 aliphatic heterocycles. The molecule has 2 aromatic rings. The number of carboxylic acid groups (broad SMARTS) is 1. The maximum Gasteiger partial charge on any atom is 0.307 e. The first-order valence-corrected chi connectivity index (χ1v) is 6.00. The molecular weight excluding hydrogens is 228 g/mol. The van der Waals surface area contributed by atoms with Crippen LogP contribution in [0.5, 0.6) is 5.75 Å². The van der Waals surface area contributed by atoms with Gasteiger partial charge in [-0.15, -0.1) is 0 Å². The second-order valence-corrected chi connectivity index (χ2v) is 4.72. The molecule has 3 nitrogen and oxygen atoms in total. The van der Waals surface area contributed by atoms with Gasteiger partial charge in [-0.3, -0.25) is 4.79 Å². The fourth-order valence-corrected chi connectivity index (χ4v) is 2.54. The minimum atomic E-state index is -0.695. The molecule has 0 saturated heterocycles. The van der Waals surface area contributed by atoms with Crippen molar-refractivity contribution in [3.8, 4) is 5.75 Å². The molecule has 2 atom stereocenters. The largest absolute Gasteiger partial charge is 0.497 e. The predicted octanol–water partition coefficient (Wildman–Crippen LogP) is 3.04. The van der Waals surface area contributed by atoms with E-state index in [1.807, 2.05) is 36.4 Å². The van der Waals surface area contributed by atoms with Crippen molar-refractivity contribution in [2.45, 2.75) is 12.3 Å². The van der Waals surface area contributed by atoms with E-state index in [0.29, 0.717) is 0 Å². The van der Waals surface area contributed by atoms with Crippen LogP contribution in [-0.2, 0) is 4.79 Å². The highest BCUT2D eigenvalue weighted by Crippen LogP contribution is 2.49. The van der Waals surface area contributed by atoms with Crippen LogP contribution in [-0.4, -0.2) is 18.2 Å². The summed E-state index contributed by atoms with van der Waals surface area (Å²) in [5.41, 5.74) is 1.12. The van der Waals surface area contributed by atoms with Gasteiger partial charge in [-0.05, 0) is 40.8 Å². The molecule has 18 heavy (non-hydrogen) atoms. The molecule has 3 heteroatoms. The van der Waals surface area contributed by atoms with Gasteiger partial charge in [0.05, 0.1) is 13.0 Å². The van der Waals surface area contributed by atoms with Crippen molar-refractivity contribution in [1.82, 2.24) is 0 Å². The lowest BCUT2D eigenvalue weighted by Crippen LogP contribution is -1.99. The van der Waals surface area contributed by atoms with Gasteiger partial charge in [0.2, 0.25) is 0 Å². The zero-order valence-electron chi connectivity index (χ0n) is 10.1. The number of aliphatic carboxylic acids is 1. The minimum Gasteiger partial charge on any atom is -0.497 e. The summed E-state index contributed by atoms with van der Waals surface area (Å²) in [6, 6.07) is 12.0. The molecule has 1 fully saturated rings. The Hall–Kier alpha value is -2.03. The number of carboxylic acids is 1. The molecule has 0 spiro atoms. The van der Waals surface area contributed by atoms with Gasteiger partial charge in [-0.1, -0.05) is 24.3 Å². The van der Waals surface area contributed by atoms with Crippen molar-refractivity contribution < 1.29 is 14.6 Å². The molecule has 1 N–H and O–H groups in total. The van der Waals surface area contributed by atoms with Crippen molar-refractivity contribution in [2.75, 3.05) is 7.11 Å². The molecule has 0 amide bonds. The van der Waals surface area contributed by atoms with E-state index < -0.39 is 5.97 Å². The normalized spacial score (nSPS) is 21.8. The van der Waals surface area contributed by atoms with Gasteiger partial charge in [0, 0.05) is 0 Å². The molecule has 92 valence electrons. The molecule has 0 radical (unpaired) electrons. The first-order chi connectivity index (χ1) is 8.70. The number of hydrogen-bond donors (Lipinski definition) is 1. The number of rotatable bonds is 3. The summed E-state index contributed by atoms with van der Waals surface area (Å²) in [6.07, 6.45) is 0.742. The van der Waals surface area contributed by atoms with Crippen molar-refractivity contribution in [2.24, 2.45) is 5.92 Å². The van der Waals surface area contributed by atoms with Gasteiger partial charge < -0.3 is 9.84 Å². The molecule has 3 rings (SSSR count). The summed E-state index contributed by atoms with van der Waals surface area (Å²) in [6.45, 7) is 0. The Morgan fingerprint density at radius 1 is 1.33 bits per heavy atom. The van der Waals surface area contributed by atoms with E-state index in [0.717, 1.165) is 28.5 Å². The molecular formula is C15H14O3. The molecule has 2 unspecified atom stereocenters. The fraction of sp³-hybridized carbons (Fsp3) is 0.267. The maximum atomic E-state index is 11.0. The van der Waals surface area contributed by atoms with Crippen LogP contribution in [0.25, 0.3) is 10.8 Å². The molecule has 1 aliphatic carbocycles. The predicted molar refractivity (Wildman–Crippen MR) is 69.0 cm³/mol. The van der Waals surface area contributed by atoms with Crippen LogP contribution in [0.4, 0.5) is 0 Å². The first kappa shape index (κ1) is 11.1. The Morgan fingerprint density at radius 2 is 2.17 bits per heavy atom. The summed E-state index contributed by atoms with van der Waals surface area (Å²) >= 11 is 0. The Bertz CT molecular complexity index is 618. The van der Waals surface area contributed by atoms with Gasteiger partial charge in [0.25, 0.3) is 0 Å². The average Bonchev–Trinajstić information content (AvgIpc) is 3.17. The number of methoxy groups -OCH3 is 1. The lowest BCUT2D eigenvalue weighted by molar-refractivity contribution is -0.138. The van der Waals surface area contributed by atoms with Crippen LogP contribution in [0.15, 0.2) is 36.4 Å². The highest BCUT2D eigenvalue weighted by molar-refractivity contribution is 5.89. The number of carbonyl (C=O) groups is 1. The van der Waals surface area contributed by atoms with Crippen molar-refractivity contribution in [3.63, 3.8) is 0 Å². The lowest BCUT2D eigenvalue weighted by atomic mass is 10.00. The van der Waals surface area contributed by atoms with Gasteiger partial charge in [0.1, 0.15) is 5.75 Å². The van der Waals surface area contributed by atoms with Crippen LogP contribution in [0.3, 0.4) is 0 Å². The molecule has 1 saturated carbocycles. The van der Waals surface area contributed by atoms with Crippen molar-refractivity contribution in [3.05, 3.63) is 42.0 Å². The summed E-state index contributed by atoms with van der Waals surface area (Å²) in [7, 11) is 1.64. The van der Waals surface area contributed by atoms with E-state index in [4.69, 9.17) is 9.84 Å². The Kier molecular flexibility index (Phi) is 2.47. The third kappa shape index (κ3) is 1.72. The van der Waals surface area contributed by atoms with E-state index >= 15 is 0 Å². The van der Waals surface area contributed by atoms with Crippen molar-refractivity contribution >= 4 is 16.7 Å². The van der Waals surface area contributed by atoms with Crippen LogP contribution >= 0.6 is 0 Å². The number of fused-ring (bicyclic) bond motifs is 1. The van der Waals surface area contributed by atoms with E-state index in [-0.39, 0.29) is 11.8 Å². The quantitative estimate of drug-likeness (QED) is 0.899. The summed E-state index contributed by atoms with van der Waals surface area (Å²) in [4.78, 5) is 11.0. The topological polar surface area (TPSA) is 46.5 Å². The Morgan fingerprint density at radius 3 is 2.83 bits per heavy atom. The third-order valence-corrected chi connectivity index (χ3v) is 3.63. The smallest absolute Gasteiger partial charge is 0.307 e. The van der Waals surface area contributed by atoms with E-state index in [9.17, 15) is 4.79 Å².